The number of carbonyl (C=O) groups excluding carboxylic acids is 1. The Morgan fingerprint density at radius 2 is 2.07 bits per heavy atom. The lowest BCUT2D eigenvalue weighted by atomic mass is 10.1. The van der Waals surface area contributed by atoms with Gasteiger partial charge in [-0.05, 0) is 26.0 Å². The van der Waals surface area contributed by atoms with Crippen LogP contribution >= 0.6 is 0 Å². The van der Waals surface area contributed by atoms with E-state index in [0.29, 0.717) is 0 Å². The van der Waals surface area contributed by atoms with E-state index in [1.165, 1.54) is 19.1 Å². The normalized spacial score (nSPS) is 9.71. The van der Waals surface area contributed by atoms with E-state index >= 15 is 0 Å². The van der Waals surface area contributed by atoms with Gasteiger partial charge >= 0.3 is 7.47 Å². The van der Waals surface area contributed by atoms with Crippen LogP contribution in [0.25, 0.3) is 0 Å². The van der Waals surface area contributed by atoms with E-state index in [-0.39, 0.29) is 17.1 Å². The van der Waals surface area contributed by atoms with Crippen LogP contribution in [0.5, 0.6) is 5.75 Å². The first-order valence-electron chi connectivity index (χ1n) is 4.07. The lowest BCUT2D eigenvalue weighted by Crippen LogP contribution is -2.11. The molecule has 0 saturated carbocycles. The number of ketones is 1. The van der Waals surface area contributed by atoms with E-state index < -0.39 is 7.47 Å². The Morgan fingerprint density at radius 1 is 1.43 bits per heavy atom. The van der Waals surface area contributed by atoms with E-state index in [0.717, 1.165) is 5.56 Å². The minimum Gasteiger partial charge on any atom is -0.505 e. The molecule has 1 aromatic carbocycles. The van der Waals surface area contributed by atoms with Crippen molar-refractivity contribution in [2.75, 3.05) is 0 Å². The van der Waals surface area contributed by atoms with Crippen molar-refractivity contribution in [2.45, 2.75) is 13.8 Å². The first kappa shape index (κ1) is 10.7. The summed E-state index contributed by atoms with van der Waals surface area (Å²) < 4.78 is 28.1. The quantitative estimate of drug-likeness (QED) is 0.550. The summed E-state index contributed by atoms with van der Waals surface area (Å²) in [7, 11) is -2.91. The molecule has 5 heteroatoms. The minimum absolute atomic E-state index is 0.0712. The molecule has 0 saturated heterocycles. The molecular weight excluding hydrogens is 189 g/mol. The monoisotopic (exact) mass is 198 g/mol. The summed E-state index contributed by atoms with van der Waals surface area (Å²) in [4.78, 5) is 11.1. The molecule has 0 radical (unpaired) electrons. The van der Waals surface area contributed by atoms with Gasteiger partial charge in [0.1, 0.15) is 5.75 Å². The van der Waals surface area contributed by atoms with Crippen molar-refractivity contribution in [2.24, 2.45) is 0 Å². The molecule has 0 unspecified atom stereocenters. The molecule has 0 aliphatic rings. The van der Waals surface area contributed by atoms with Crippen LogP contribution < -0.4 is 4.65 Å². The number of aryl methyl sites for hydroxylation is 1. The Hall–Kier alpha value is -1.39. The zero-order chi connectivity index (χ0) is 10.7. The lowest BCUT2D eigenvalue weighted by molar-refractivity contribution is 0.101. The molecule has 74 valence electrons. The summed E-state index contributed by atoms with van der Waals surface area (Å²) in [5.74, 6) is -0.359. The summed E-state index contributed by atoms with van der Waals surface area (Å²) in [6.45, 7) is 3.09. The van der Waals surface area contributed by atoms with Crippen molar-refractivity contribution in [3.05, 3.63) is 29.3 Å². The van der Waals surface area contributed by atoms with Crippen LogP contribution in [0, 0.1) is 6.92 Å². The van der Waals surface area contributed by atoms with Crippen LogP contribution in [0.15, 0.2) is 18.2 Å². The second-order valence-electron chi connectivity index (χ2n) is 2.93. The van der Waals surface area contributed by atoms with Crippen molar-refractivity contribution in [1.82, 2.24) is 0 Å². The standard InChI is InChI=1S/C9H9BF2O2/c1-6-3-4-9(14-10(11)12)8(5-6)7(2)13/h3-5H,1-2H3. The van der Waals surface area contributed by atoms with E-state index in [1.54, 1.807) is 13.0 Å². The summed E-state index contributed by atoms with van der Waals surface area (Å²) >= 11 is 0. The largest absolute Gasteiger partial charge is 0.796 e. The Morgan fingerprint density at radius 3 is 2.57 bits per heavy atom. The molecule has 2 nitrogen and oxygen atoms in total. The Bertz CT molecular complexity index is 353. The third kappa shape index (κ3) is 2.55. The van der Waals surface area contributed by atoms with E-state index in [9.17, 15) is 13.4 Å². The molecule has 0 aliphatic carbocycles. The maximum atomic E-state index is 11.9. The van der Waals surface area contributed by atoms with Crippen molar-refractivity contribution in [3.8, 4) is 5.75 Å². The second-order valence-corrected chi connectivity index (χ2v) is 2.93. The van der Waals surface area contributed by atoms with E-state index in [4.69, 9.17) is 0 Å². The SMILES string of the molecule is CC(=O)c1cc(C)ccc1OB(F)F. The fraction of sp³-hybridized carbons (Fsp3) is 0.222. The Kier molecular flexibility index (Phi) is 3.22. The van der Waals surface area contributed by atoms with Crippen LogP contribution in [0.3, 0.4) is 0 Å². The topological polar surface area (TPSA) is 26.3 Å². The van der Waals surface area contributed by atoms with Gasteiger partial charge in [0.15, 0.2) is 5.78 Å². The number of hydrogen-bond acceptors (Lipinski definition) is 2. The molecule has 0 aromatic heterocycles. The molecule has 0 N–H and O–H groups in total. The molecule has 0 heterocycles. The highest BCUT2D eigenvalue weighted by Crippen LogP contribution is 2.21. The smallest absolute Gasteiger partial charge is 0.505 e. The van der Waals surface area contributed by atoms with Gasteiger partial charge in [-0.15, -0.1) is 0 Å². The average Bonchev–Trinajstić information content (AvgIpc) is 2.07. The van der Waals surface area contributed by atoms with Crippen LogP contribution in [0.4, 0.5) is 8.63 Å². The molecule has 14 heavy (non-hydrogen) atoms. The summed E-state index contributed by atoms with van der Waals surface area (Å²) in [6, 6.07) is 4.52. The molecular formula is C9H9BF2O2. The fourth-order valence-corrected chi connectivity index (χ4v) is 1.12. The van der Waals surface area contributed by atoms with Crippen LogP contribution in [-0.2, 0) is 0 Å². The van der Waals surface area contributed by atoms with Gasteiger partial charge in [-0.2, -0.15) is 0 Å². The van der Waals surface area contributed by atoms with Gasteiger partial charge in [0, 0.05) is 0 Å². The predicted octanol–water partition coefficient (Wildman–Crippen LogP) is 2.50. The Balaban J connectivity index is 3.08. The van der Waals surface area contributed by atoms with Gasteiger partial charge < -0.3 is 4.65 Å². The van der Waals surface area contributed by atoms with Crippen LogP contribution in [-0.4, -0.2) is 13.3 Å². The molecule has 1 aromatic rings. The number of Topliss-reactive ketones (excluding diaryl/α,β-unsaturated/α-hetero) is 1. The molecule has 0 spiro atoms. The predicted molar refractivity (Wildman–Crippen MR) is 49.8 cm³/mol. The third-order valence-electron chi connectivity index (χ3n) is 1.73. The van der Waals surface area contributed by atoms with Gasteiger partial charge in [0.25, 0.3) is 0 Å². The molecule has 0 atom stereocenters. The molecule has 0 aliphatic heterocycles. The van der Waals surface area contributed by atoms with Crippen LogP contribution in [0.2, 0.25) is 0 Å². The maximum absolute atomic E-state index is 11.9. The third-order valence-corrected chi connectivity index (χ3v) is 1.73. The van der Waals surface area contributed by atoms with Gasteiger partial charge in [0.05, 0.1) is 5.56 Å². The van der Waals surface area contributed by atoms with Crippen LogP contribution in [0.1, 0.15) is 22.8 Å². The van der Waals surface area contributed by atoms with Crippen molar-refractivity contribution < 1.29 is 18.1 Å². The van der Waals surface area contributed by atoms with Gasteiger partial charge in [-0.3, -0.25) is 4.79 Å². The van der Waals surface area contributed by atoms with Gasteiger partial charge in [-0.25, -0.2) is 8.63 Å². The maximum Gasteiger partial charge on any atom is 0.796 e. The summed E-state index contributed by atoms with van der Waals surface area (Å²) in [5.41, 5.74) is 1.02. The highest BCUT2D eigenvalue weighted by molar-refractivity contribution is 6.35. The van der Waals surface area contributed by atoms with E-state index in [2.05, 4.69) is 4.65 Å². The zero-order valence-electron chi connectivity index (χ0n) is 7.88. The second kappa shape index (κ2) is 4.22. The number of carbonyl (C=O) groups is 1. The number of halogens is 2. The first-order valence-corrected chi connectivity index (χ1v) is 4.07. The highest BCUT2D eigenvalue weighted by atomic mass is 19.2. The number of benzene rings is 1. The van der Waals surface area contributed by atoms with Crippen molar-refractivity contribution >= 4 is 13.3 Å². The molecule has 0 amide bonds. The van der Waals surface area contributed by atoms with Crippen molar-refractivity contribution in [3.63, 3.8) is 0 Å². The van der Waals surface area contributed by atoms with E-state index in [1.807, 2.05) is 0 Å². The molecule has 0 bridgehead atoms. The minimum atomic E-state index is -2.91. The van der Waals surface area contributed by atoms with Crippen molar-refractivity contribution in [1.29, 1.82) is 0 Å². The highest BCUT2D eigenvalue weighted by Gasteiger charge is 2.20. The van der Waals surface area contributed by atoms with Gasteiger partial charge in [0.2, 0.25) is 0 Å². The Labute approximate surface area is 81.1 Å². The molecule has 1 rings (SSSR count). The van der Waals surface area contributed by atoms with Gasteiger partial charge in [-0.1, -0.05) is 11.6 Å². The fourth-order valence-electron chi connectivity index (χ4n) is 1.12. The summed E-state index contributed by atoms with van der Waals surface area (Å²) in [5, 5.41) is 0. The average molecular weight is 198 g/mol. The summed E-state index contributed by atoms with van der Waals surface area (Å²) in [6.07, 6.45) is 0. The zero-order valence-corrected chi connectivity index (χ0v) is 7.88. The lowest BCUT2D eigenvalue weighted by Gasteiger charge is -2.07. The first-order chi connectivity index (χ1) is 6.50. The molecule has 0 fully saturated rings. The number of hydrogen-bond donors (Lipinski definition) is 0. The number of rotatable bonds is 3.